The first-order valence-corrected chi connectivity index (χ1v) is 9.24. The largest absolute Gasteiger partial charge is 0.492 e. The average molecular weight is 415 g/mol. The molecule has 1 aliphatic rings. The van der Waals surface area contributed by atoms with Crippen molar-refractivity contribution >= 4 is 40.9 Å². The van der Waals surface area contributed by atoms with Crippen LogP contribution in [0.1, 0.15) is 12.5 Å². The molecule has 0 radical (unpaired) electrons. The normalized spacial score (nSPS) is 12.9. The van der Waals surface area contributed by atoms with Crippen molar-refractivity contribution in [2.24, 2.45) is 0 Å². The molecule has 1 amide bonds. The predicted molar refractivity (Wildman–Crippen MR) is 110 cm³/mol. The fraction of sp³-hybridized carbons (Fsp3) is 0.143. The molecule has 2 aromatic carbocycles. The maximum atomic E-state index is 12.6. The van der Waals surface area contributed by atoms with Gasteiger partial charge in [0.2, 0.25) is 0 Å². The van der Waals surface area contributed by atoms with Crippen molar-refractivity contribution in [3.63, 3.8) is 0 Å². The number of carbonyl (C=O) groups is 1. The second-order valence-electron chi connectivity index (χ2n) is 5.87. The van der Waals surface area contributed by atoms with E-state index < -0.39 is 5.91 Å². The molecule has 28 heavy (non-hydrogen) atoms. The van der Waals surface area contributed by atoms with Gasteiger partial charge in [-0.1, -0.05) is 35.3 Å². The van der Waals surface area contributed by atoms with Crippen LogP contribution in [-0.2, 0) is 4.79 Å². The molecule has 1 N–H and O–H groups in total. The number of halogens is 2. The topological polar surface area (TPSA) is 71.3 Å². The van der Waals surface area contributed by atoms with Crippen LogP contribution in [0.25, 0.3) is 6.08 Å². The van der Waals surface area contributed by atoms with Gasteiger partial charge >= 0.3 is 0 Å². The van der Waals surface area contributed by atoms with Gasteiger partial charge in [0.05, 0.1) is 17.3 Å². The van der Waals surface area contributed by atoms with Crippen LogP contribution in [0.5, 0.6) is 11.5 Å². The molecule has 0 unspecified atom stereocenters. The number of para-hydroxylation sites is 2. The molecule has 0 saturated carbocycles. The molecular weight excluding hydrogens is 399 g/mol. The summed E-state index contributed by atoms with van der Waals surface area (Å²) < 4.78 is 11.1. The molecule has 7 heteroatoms. The smallest absolute Gasteiger partial charge is 0.266 e. The van der Waals surface area contributed by atoms with Crippen molar-refractivity contribution in [2.45, 2.75) is 6.92 Å². The highest BCUT2D eigenvalue weighted by Gasteiger charge is 2.17. The number of amides is 1. The zero-order valence-electron chi connectivity index (χ0n) is 15.0. The number of nitrogens with zero attached hydrogens (tertiary/aromatic N) is 1. The number of carbonyl (C=O) groups excluding carboxylic acids is 1. The number of anilines is 1. The van der Waals surface area contributed by atoms with Gasteiger partial charge in [0.15, 0.2) is 0 Å². The number of nitrogens with one attached hydrogen (secondary N) is 1. The lowest BCUT2D eigenvalue weighted by Crippen LogP contribution is -2.15. The Morgan fingerprint density at radius 2 is 2.14 bits per heavy atom. The minimum absolute atomic E-state index is 0.0577. The van der Waals surface area contributed by atoms with E-state index in [1.165, 1.54) is 6.08 Å². The van der Waals surface area contributed by atoms with Crippen molar-refractivity contribution in [2.75, 3.05) is 18.5 Å². The van der Waals surface area contributed by atoms with Crippen molar-refractivity contribution in [1.82, 2.24) is 0 Å². The van der Waals surface area contributed by atoms with Crippen molar-refractivity contribution in [3.8, 4) is 17.6 Å². The molecule has 0 fully saturated rings. The summed E-state index contributed by atoms with van der Waals surface area (Å²) in [6, 6.07) is 12.3. The average Bonchev–Trinajstić information content (AvgIpc) is 2.67. The molecule has 1 aliphatic heterocycles. The molecule has 0 aliphatic carbocycles. The second-order valence-corrected chi connectivity index (χ2v) is 6.71. The molecule has 3 rings (SSSR count). The van der Waals surface area contributed by atoms with Gasteiger partial charge in [-0.3, -0.25) is 4.79 Å². The quantitative estimate of drug-likeness (QED) is 0.535. The predicted octanol–water partition coefficient (Wildman–Crippen LogP) is 5.26. The molecule has 0 spiro atoms. The molecule has 0 bridgehead atoms. The van der Waals surface area contributed by atoms with Gasteiger partial charge in [0.25, 0.3) is 5.91 Å². The van der Waals surface area contributed by atoms with Gasteiger partial charge in [-0.25, -0.2) is 0 Å². The number of hydrogen-bond donors (Lipinski definition) is 1. The number of benzene rings is 2. The van der Waals surface area contributed by atoms with E-state index >= 15 is 0 Å². The first kappa shape index (κ1) is 19.8. The lowest BCUT2D eigenvalue weighted by molar-refractivity contribution is -0.112. The number of nitriles is 1. The highest BCUT2D eigenvalue weighted by atomic mass is 35.5. The summed E-state index contributed by atoms with van der Waals surface area (Å²) in [6.45, 7) is 2.50. The minimum atomic E-state index is -0.537. The lowest BCUT2D eigenvalue weighted by Gasteiger charge is -2.18. The van der Waals surface area contributed by atoms with E-state index in [1.807, 2.05) is 13.0 Å². The summed E-state index contributed by atoms with van der Waals surface area (Å²) in [5.41, 5.74) is 1.77. The van der Waals surface area contributed by atoms with Crippen LogP contribution in [0.15, 0.2) is 53.6 Å². The fourth-order valence-corrected chi connectivity index (χ4v) is 3.26. The molecule has 0 aromatic heterocycles. The summed E-state index contributed by atoms with van der Waals surface area (Å²) in [5.74, 6) is 0.524. The van der Waals surface area contributed by atoms with Crippen molar-refractivity contribution < 1.29 is 14.3 Å². The van der Waals surface area contributed by atoms with Gasteiger partial charge in [0, 0.05) is 10.6 Å². The first-order valence-electron chi connectivity index (χ1n) is 8.49. The summed E-state index contributed by atoms with van der Waals surface area (Å²) in [5, 5.41) is 13.0. The van der Waals surface area contributed by atoms with Crippen LogP contribution >= 0.6 is 23.2 Å². The monoisotopic (exact) mass is 414 g/mol. The molecule has 0 atom stereocenters. The Morgan fingerprint density at radius 3 is 2.89 bits per heavy atom. The molecule has 142 valence electrons. The third-order valence-corrected chi connectivity index (χ3v) is 4.39. The third-order valence-electron chi connectivity index (χ3n) is 3.89. The Labute approximate surface area is 172 Å². The van der Waals surface area contributed by atoms with Gasteiger partial charge in [-0.2, -0.15) is 5.26 Å². The SMILES string of the molecule is CCOc1ccccc1NC(=O)C(C#N)=CC1=Cc2cc(Cl)cc(Cl)c2OC1. The Bertz CT molecular complexity index is 1020. The maximum absolute atomic E-state index is 12.6. The summed E-state index contributed by atoms with van der Waals surface area (Å²) in [7, 11) is 0. The summed E-state index contributed by atoms with van der Waals surface area (Å²) >= 11 is 12.2. The Balaban J connectivity index is 1.85. The van der Waals surface area contributed by atoms with Crippen LogP contribution in [-0.4, -0.2) is 19.1 Å². The fourth-order valence-electron chi connectivity index (χ4n) is 2.69. The van der Waals surface area contributed by atoms with Gasteiger partial charge in [-0.15, -0.1) is 0 Å². The van der Waals surface area contributed by atoms with Crippen LogP contribution < -0.4 is 14.8 Å². The van der Waals surface area contributed by atoms with E-state index in [2.05, 4.69) is 5.32 Å². The lowest BCUT2D eigenvalue weighted by atomic mass is 10.0. The Morgan fingerprint density at radius 1 is 1.36 bits per heavy atom. The zero-order chi connectivity index (χ0) is 20.1. The molecule has 0 saturated heterocycles. The van der Waals surface area contributed by atoms with E-state index in [-0.39, 0.29) is 12.2 Å². The molecular formula is C21H16Cl2N2O3. The number of fused-ring (bicyclic) bond motifs is 1. The highest BCUT2D eigenvalue weighted by molar-refractivity contribution is 6.36. The van der Waals surface area contributed by atoms with Gasteiger partial charge in [0.1, 0.15) is 29.7 Å². The van der Waals surface area contributed by atoms with E-state index in [9.17, 15) is 10.1 Å². The molecule has 2 aromatic rings. The minimum Gasteiger partial charge on any atom is -0.492 e. The van der Waals surface area contributed by atoms with Crippen molar-refractivity contribution in [1.29, 1.82) is 5.26 Å². The highest BCUT2D eigenvalue weighted by Crippen LogP contribution is 2.36. The van der Waals surface area contributed by atoms with Crippen molar-refractivity contribution in [3.05, 3.63) is 69.2 Å². The van der Waals surface area contributed by atoms with Crippen LogP contribution in [0.2, 0.25) is 10.0 Å². The third kappa shape index (κ3) is 4.48. The van der Waals surface area contributed by atoms with E-state index in [0.29, 0.717) is 45.0 Å². The number of rotatable bonds is 5. The Kier molecular flexibility index (Phi) is 6.25. The van der Waals surface area contributed by atoms with Gasteiger partial charge in [-0.05, 0) is 48.9 Å². The number of hydrogen-bond acceptors (Lipinski definition) is 4. The Hall–Kier alpha value is -2.94. The van der Waals surface area contributed by atoms with Crippen LogP contribution in [0.4, 0.5) is 5.69 Å². The first-order chi connectivity index (χ1) is 13.5. The standard InChI is InChI=1S/C21H16Cl2N2O3/c1-2-27-19-6-4-3-5-18(19)25-21(26)15(11-24)8-13-7-14-9-16(22)10-17(23)20(14)28-12-13/h3-10H,2,12H2,1H3,(H,25,26). The van der Waals surface area contributed by atoms with E-state index in [4.69, 9.17) is 32.7 Å². The van der Waals surface area contributed by atoms with Gasteiger partial charge < -0.3 is 14.8 Å². The zero-order valence-corrected chi connectivity index (χ0v) is 16.5. The molecule has 1 heterocycles. The van der Waals surface area contributed by atoms with Crippen LogP contribution in [0, 0.1) is 11.3 Å². The molecule has 5 nitrogen and oxygen atoms in total. The summed E-state index contributed by atoms with van der Waals surface area (Å²) in [4.78, 5) is 12.6. The van der Waals surface area contributed by atoms with Crippen LogP contribution in [0.3, 0.4) is 0 Å². The number of ether oxygens (including phenoxy) is 2. The van der Waals surface area contributed by atoms with E-state index in [1.54, 1.807) is 42.5 Å². The maximum Gasteiger partial charge on any atom is 0.266 e. The van der Waals surface area contributed by atoms with E-state index in [0.717, 1.165) is 0 Å². The summed E-state index contributed by atoms with van der Waals surface area (Å²) in [6.07, 6.45) is 3.27. The second kappa shape index (κ2) is 8.83.